The van der Waals surface area contributed by atoms with E-state index in [1.165, 1.54) is 6.92 Å². The summed E-state index contributed by atoms with van der Waals surface area (Å²) in [5, 5.41) is 8.81. The minimum atomic E-state index is -3.97. The van der Waals surface area contributed by atoms with E-state index in [0.29, 0.717) is 22.4 Å². The number of rotatable bonds is 6. The van der Waals surface area contributed by atoms with Crippen molar-refractivity contribution < 1.29 is 17.9 Å². The number of hydrogen-bond acceptors (Lipinski definition) is 5. The minimum absolute atomic E-state index is 0.166. The SMILES string of the molecule is Cc1c(C)c(C)c(S(=O)(=O)NNC(=O)[C@H](C)Oc2ccc(C#N)cc2)c(C)c1C. The summed E-state index contributed by atoms with van der Waals surface area (Å²) < 4.78 is 31.2. The number of hydrazine groups is 1. The van der Waals surface area contributed by atoms with Crippen LogP contribution in [0.5, 0.6) is 5.75 Å². The van der Waals surface area contributed by atoms with Gasteiger partial charge >= 0.3 is 0 Å². The summed E-state index contributed by atoms with van der Waals surface area (Å²) in [7, 11) is -3.97. The number of hydrogen-bond donors (Lipinski definition) is 2. The first kappa shape index (κ1) is 22.4. The summed E-state index contributed by atoms with van der Waals surface area (Å²) in [5.41, 5.74) is 6.83. The second-order valence-electron chi connectivity index (χ2n) is 6.95. The van der Waals surface area contributed by atoms with Gasteiger partial charge in [0, 0.05) is 0 Å². The van der Waals surface area contributed by atoms with Crippen molar-refractivity contribution in [1.29, 1.82) is 5.26 Å². The molecule has 0 aromatic heterocycles. The van der Waals surface area contributed by atoms with Crippen LogP contribution in [0, 0.1) is 45.9 Å². The van der Waals surface area contributed by atoms with E-state index in [1.54, 1.807) is 38.1 Å². The Morgan fingerprint density at radius 1 is 0.966 bits per heavy atom. The second-order valence-corrected chi connectivity index (χ2v) is 8.56. The summed E-state index contributed by atoms with van der Waals surface area (Å²) in [6.07, 6.45) is -0.950. The third kappa shape index (κ3) is 4.75. The summed E-state index contributed by atoms with van der Waals surface area (Å²) in [6, 6.07) is 8.26. The molecule has 0 bridgehead atoms. The molecule has 0 aliphatic carbocycles. The topological polar surface area (TPSA) is 108 Å². The zero-order chi connectivity index (χ0) is 21.9. The van der Waals surface area contributed by atoms with Crippen molar-refractivity contribution in [2.45, 2.75) is 52.5 Å². The Labute approximate surface area is 171 Å². The van der Waals surface area contributed by atoms with Gasteiger partial charge in [-0.3, -0.25) is 10.2 Å². The molecule has 0 radical (unpaired) electrons. The van der Waals surface area contributed by atoms with Crippen LogP contribution in [0.1, 0.15) is 40.3 Å². The third-order valence-electron chi connectivity index (χ3n) is 5.17. The fraction of sp³-hybridized carbons (Fsp3) is 0.333. The smallest absolute Gasteiger partial charge is 0.275 e. The van der Waals surface area contributed by atoms with Crippen molar-refractivity contribution in [2.24, 2.45) is 0 Å². The first-order valence-electron chi connectivity index (χ1n) is 9.05. The Bertz CT molecular complexity index is 1060. The van der Waals surface area contributed by atoms with Crippen LogP contribution in [0.25, 0.3) is 0 Å². The number of nitrogens with one attached hydrogen (secondary N) is 2. The van der Waals surface area contributed by atoms with Crippen molar-refractivity contribution in [3.63, 3.8) is 0 Å². The van der Waals surface area contributed by atoms with E-state index in [1.807, 2.05) is 26.8 Å². The Morgan fingerprint density at radius 3 is 1.93 bits per heavy atom. The molecule has 8 heteroatoms. The molecule has 0 heterocycles. The van der Waals surface area contributed by atoms with E-state index in [9.17, 15) is 13.2 Å². The summed E-state index contributed by atoms with van der Waals surface area (Å²) in [5.74, 6) is -0.250. The highest BCUT2D eigenvalue weighted by Gasteiger charge is 2.25. The zero-order valence-electron chi connectivity index (χ0n) is 17.4. The number of benzene rings is 2. The molecule has 1 amide bonds. The quantitative estimate of drug-likeness (QED) is 0.705. The molecule has 154 valence electrons. The lowest BCUT2D eigenvalue weighted by Gasteiger charge is -2.20. The number of amides is 1. The molecular weight excluding hydrogens is 390 g/mol. The van der Waals surface area contributed by atoms with Gasteiger partial charge < -0.3 is 4.74 Å². The van der Waals surface area contributed by atoms with Crippen molar-refractivity contribution in [3.05, 3.63) is 57.6 Å². The monoisotopic (exact) mass is 415 g/mol. The third-order valence-corrected chi connectivity index (χ3v) is 6.69. The number of sulfonamides is 1. The van der Waals surface area contributed by atoms with Gasteiger partial charge in [0.25, 0.3) is 15.9 Å². The number of ether oxygens (including phenoxy) is 1. The normalized spacial score (nSPS) is 12.2. The molecule has 0 spiro atoms. The largest absolute Gasteiger partial charge is 0.481 e. The molecule has 0 fully saturated rings. The van der Waals surface area contributed by atoms with E-state index in [4.69, 9.17) is 10.00 Å². The maximum absolute atomic E-state index is 12.8. The van der Waals surface area contributed by atoms with E-state index in [-0.39, 0.29) is 4.90 Å². The maximum Gasteiger partial charge on any atom is 0.275 e. The van der Waals surface area contributed by atoms with Crippen LogP contribution in [-0.2, 0) is 14.8 Å². The van der Waals surface area contributed by atoms with E-state index in [0.717, 1.165) is 16.7 Å². The van der Waals surface area contributed by atoms with Crippen LogP contribution in [0.2, 0.25) is 0 Å². The van der Waals surface area contributed by atoms with E-state index >= 15 is 0 Å². The molecule has 2 aromatic carbocycles. The summed E-state index contributed by atoms with van der Waals surface area (Å²) >= 11 is 0. The van der Waals surface area contributed by atoms with Gasteiger partial charge in [0.05, 0.1) is 16.5 Å². The van der Waals surface area contributed by atoms with Crippen LogP contribution in [0.4, 0.5) is 0 Å². The molecule has 2 N–H and O–H groups in total. The van der Waals surface area contributed by atoms with Crippen molar-refractivity contribution >= 4 is 15.9 Å². The molecule has 2 aromatic rings. The molecular formula is C21H25N3O4S. The first-order valence-corrected chi connectivity index (χ1v) is 10.5. The summed E-state index contributed by atoms with van der Waals surface area (Å²) in [6.45, 7) is 10.7. The van der Waals surface area contributed by atoms with E-state index < -0.39 is 22.0 Å². The second kappa shape index (κ2) is 8.64. The Balaban J connectivity index is 2.14. The van der Waals surface area contributed by atoms with Crippen LogP contribution in [0.15, 0.2) is 29.2 Å². The molecule has 0 saturated heterocycles. The highest BCUT2D eigenvalue weighted by atomic mass is 32.2. The number of carbonyl (C=O) groups is 1. The van der Waals surface area contributed by atoms with Gasteiger partial charge in [-0.15, -0.1) is 4.83 Å². The first-order chi connectivity index (χ1) is 13.5. The Kier molecular flexibility index (Phi) is 6.67. The molecule has 0 aliphatic rings. The van der Waals surface area contributed by atoms with Crippen molar-refractivity contribution in [1.82, 2.24) is 10.3 Å². The van der Waals surface area contributed by atoms with Gasteiger partial charge in [-0.1, -0.05) is 0 Å². The van der Waals surface area contributed by atoms with Crippen LogP contribution >= 0.6 is 0 Å². The Morgan fingerprint density at radius 2 is 1.45 bits per heavy atom. The predicted octanol–water partition coefficient (Wildman–Crippen LogP) is 2.88. The maximum atomic E-state index is 12.8. The fourth-order valence-electron chi connectivity index (χ4n) is 3.00. The highest BCUT2D eigenvalue weighted by molar-refractivity contribution is 7.89. The number of nitrogens with zero attached hydrogens (tertiary/aromatic N) is 1. The zero-order valence-corrected chi connectivity index (χ0v) is 18.2. The van der Waals surface area contributed by atoms with Gasteiger partial charge in [0.2, 0.25) is 0 Å². The van der Waals surface area contributed by atoms with Gasteiger partial charge in [-0.05, 0) is 93.6 Å². The highest BCUT2D eigenvalue weighted by Crippen LogP contribution is 2.29. The lowest BCUT2D eigenvalue weighted by Crippen LogP contribution is -2.47. The number of carbonyl (C=O) groups excluding carboxylic acids is 1. The molecule has 0 saturated carbocycles. The molecule has 29 heavy (non-hydrogen) atoms. The Hall–Kier alpha value is -2.89. The molecule has 0 aliphatic heterocycles. The fourth-order valence-corrected chi connectivity index (χ4v) is 4.45. The van der Waals surface area contributed by atoms with Crippen molar-refractivity contribution in [3.8, 4) is 11.8 Å². The van der Waals surface area contributed by atoms with Crippen LogP contribution < -0.4 is 15.0 Å². The molecule has 7 nitrogen and oxygen atoms in total. The van der Waals surface area contributed by atoms with E-state index in [2.05, 4.69) is 10.3 Å². The molecule has 2 rings (SSSR count). The average Bonchev–Trinajstić information content (AvgIpc) is 2.69. The number of nitriles is 1. The van der Waals surface area contributed by atoms with Crippen molar-refractivity contribution in [2.75, 3.05) is 0 Å². The van der Waals surface area contributed by atoms with Gasteiger partial charge in [0.15, 0.2) is 6.10 Å². The minimum Gasteiger partial charge on any atom is -0.481 e. The lowest BCUT2D eigenvalue weighted by molar-refractivity contribution is -0.127. The summed E-state index contributed by atoms with van der Waals surface area (Å²) in [4.78, 5) is 14.6. The average molecular weight is 416 g/mol. The lowest BCUT2D eigenvalue weighted by atomic mass is 9.95. The standard InChI is InChI=1S/C21H25N3O4S/c1-12-13(2)15(4)20(16(5)14(12)3)29(26,27)24-23-21(25)17(6)28-19-9-7-18(11-22)8-10-19/h7-10,17,24H,1-6H3,(H,23,25)/t17-/m0/s1. The van der Waals surface area contributed by atoms with Gasteiger partial charge in [0.1, 0.15) is 5.75 Å². The van der Waals surface area contributed by atoms with Crippen LogP contribution in [-0.4, -0.2) is 20.4 Å². The van der Waals surface area contributed by atoms with Gasteiger partial charge in [-0.2, -0.15) is 5.26 Å². The predicted molar refractivity (Wildman–Crippen MR) is 110 cm³/mol. The molecule has 1 atom stereocenters. The van der Waals surface area contributed by atoms with Crippen LogP contribution in [0.3, 0.4) is 0 Å². The van der Waals surface area contributed by atoms with Gasteiger partial charge in [-0.25, -0.2) is 8.42 Å². The molecule has 0 unspecified atom stereocenters.